The molecule has 1 saturated carbocycles. The van der Waals surface area contributed by atoms with Crippen LogP contribution in [0.15, 0.2) is 6.07 Å². The second-order valence-corrected chi connectivity index (χ2v) is 10.1. The highest BCUT2D eigenvalue weighted by Crippen LogP contribution is 2.46. The highest BCUT2D eigenvalue weighted by atomic mass is 16.1. The molecule has 1 N–H and O–H groups in total. The van der Waals surface area contributed by atoms with E-state index in [-0.39, 0.29) is 17.2 Å². The molecular formula is C24H39N5O. The van der Waals surface area contributed by atoms with Gasteiger partial charge in [-0.05, 0) is 63.6 Å². The summed E-state index contributed by atoms with van der Waals surface area (Å²) in [7, 11) is 0. The van der Waals surface area contributed by atoms with Crippen LogP contribution in [0.3, 0.4) is 0 Å². The Morgan fingerprint density at radius 2 is 1.63 bits per heavy atom. The Labute approximate surface area is 181 Å². The molecule has 1 aliphatic carbocycles. The average molecular weight is 414 g/mol. The maximum atomic E-state index is 13.1. The number of hydrogen-bond donors (Lipinski definition) is 1. The van der Waals surface area contributed by atoms with Gasteiger partial charge in [0.25, 0.3) is 5.91 Å². The number of nitrogens with one attached hydrogen (secondary N) is 1. The van der Waals surface area contributed by atoms with Crippen LogP contribution < -0.4 is 10.2 Å². The fourth-order valence-electron chi connectivity index (χ4n) is 4.79. The van der Waals surface area contributed by atoms with Crippen LogP contribution in [0.25, 0.3) is 0 Å². The largest absolute Gasteiger partial charge is 0.350 e. The van der Waals surface area contributed by atoms with E-state index in [0.29, 0.717) is 5.69 Å². The Morgan fingerprint density at radius 1 is 1.00 bits per heavy atom. The van der Waals surface area contributed by atoms with E-state index < -0.39 is 0 Å². The predicted octanol–water partition coefficient (Wildman–Crippen LogP) is 3.98. The zero-order chi connectivity index (χ0) is 21.0. The Bertz CT molecular complexity index is 716. The molecule has 2 saturated heterocycles. The molecule has 3 fully saturated rings. The summed E-state index contributed by atoms with van der Waals surface area (Å²) in [5.41, 5.74) is 1.78. The van der Waals surface area contributed by atoms with Gasteiger partial charge in [-0.1, -0.05) is 33.1 Å². The van der Waals surface area contributed by atoms with Crippen molar-refractivity contribution in [3.8, 4) is 0 Å². The van der Waals surface area contributed by atoms with Crippen LogP contribution in [0.5, 0.6) is 0 Å². The average Bonchev–Trinajstić information content (AvgIpc) is 3.56. The van der Waals surface area contributed by atoms with Gasteiger partial charge < -0.3 is 15.1 Å². The number of carbonyl (C=O) groups excluding carboxylic acids is 1. The first-order chi connectivity index (χ1) is 14.5. The number of nitrogens with zero attached hydrogens (tertiary/aromatic N) is 4. The van der Waals surface area contributed by atoms with Crippen LogP contribution >= 0.6 is 0 Å². The van der Waals surface area contributed by atoms with Crippen molar-refractivity contribution in [2.45, 2.75) is 77.6 Å². The monoisotopic (exact) mass is 413 g/mol. The quantitative estimate of drug-likeness (QED) is 0.733. The first-order valence-corrected chi connectivity index (χ1v) is 12.2. The zero-order valence-corrected chi connectivity index (χ0v) is 19.0. The third-order valence-corrected chi connectivity index (χ3v) is 7.04. The molecule has 3 aliphatic rings. The number of amides is 1. The number of carbonyl (C=O) groups is 1. The van der Waals surface area contributed by atoms with Crippen LogP contribution in [0, 0.1) is 5.41 Å². The highest BCUT2D eigenvalue weighted by molar-refractivity contribution is 5.92. The lowest BCUT2D eigenvalue weighted by atomic mass is 10.0. The second-order valence-electron chi connectivity index (χ2n) is 10.1. The van der Waals surface area contributed by atoms with E-state index in [0.717, 1.165) is 37.8 Å². The third-order valence-electron chi connectivity index (χ3n) is 7.04. The van der Waals surface area contributed by atoms with Crippen molar-refractivity contribution in [1.29, 1.82) is 0 Å². The van der Waals surface area contributed by atoms with Crippen LogP contribution in [0.2, 0.25) is 0 Å². The molecule has 0 atom stereocenters. The third kappa shape index (κ3) is 5.51. The Hall–Kier alpha value is -1.69. The number of likely N-dealkylation sites (tertiary alicyclic amines) is 1. The van der Waals surface area contributed by atoms with Gasteiger partial charge in [0.05, 0.1) is 0 Å². The molecule has 1 aromatic heterocycles. The minimum atomic E-state index is -0.0414. The molecule has 30 heavy (non-hydrogen) atoms. The molecular weight excluding hydrogens is 374 g/mol. The van der Waals surface area contributed by atoms with Crippen LogP contribution in [0.4, 0.5) is 5.95 Å². The molecule has 1 aromatic rings. The minimum absolute atomic E-state index is 0.0414. The number of hydrogen-bond acceptors (Lipinski definition) is 5. The van der Waals surface area contributed by atoms with Gasteiger partial charge in [-0.25, -0.2) is 9.97 Å². The molecule has 6 nitrogen and oxygen atoms in total. The second kappa shape index (κ2) is 9.63. The summed E-state index contributed by atoms with van der Waals surface area (Å²) < 4.78 is 0. The summed E-state index contributed by atoms with van der Waals surface area (Å²) in [5.74, 6) is 0.974. The van der Waals surface area contributed by atoms with Crippen molar-refractivity contribution in [2.24, 2.45) is 5.41 Å². The van der Waals surface area contributed by atoms with E-state index in [9.17, 15) is 4.79 Å². The molecule has 0 unspecified atom stereocenters. The maximum absolute atomic E-state index is 13.1. The summed E-state index contributed by atoms with van der Waals surface area (Å²) in [6, 6.07) is 1.89. The molecule has 1 amide bonds. The van der Waals surface area contributed by atoms with Gasteiger partial charge in [0.2, 0.25) is 5.95 Å². The van der Waals surface area contributed by atoms with Gasteiger partial charge in [0.1, 0.15) is 5.69 Å². The van der Waals surface area contributed by atoms with Gasteiger partial charge in [-0.15, -0.1) is 0 Å². The summed E-state index contributed by atoms with van der Waals surface area (Å²) >= 11 is 0. The molecule has 0 radical (unpaired) electrons. The smallest absolute Gasteiger partial charge is 0.270 e. The molecule has 4 rings (SSSR count). The van der Waals surface area contributed by atoms with Crippen LogP contribution in [-0.2, 0) is 0 Å². The van der Waals surface area contributed by atoms with Crippen molar-refractivity contribution in [1.82, 2.24) is 20.2 Å². The topological polar surface area (TPSA) is 61.4 Å². The lowest BCUT2D eigenvalue weighted by Gasteiger charge is -2.30. The minimum Gasteiger partial charge on any atom is -0.350 e. The van der Waals surface area contributed by atoms with E-state index in [2.05, 4.69) is 29.0 Å². The van der Waals surface area contributed by atoms with Crippen LogP contribution in [-0.4, -0.2) is 60.0 Å². The van der Waals surface area contributed by atoms with Gasteiger partial charge in [0.15, 0.2) is 0 Å². The van der Waals surface area contributed by atoms with Gasteiger partial charge >= 0.3 is 0 Å². The molecule has 3 heterocycles. The molecule has 2 aliphatic heterocycles. The first-order valence-electron chi connectivity index (χ1n) is 12.2. The van der Waals surface area contributed by atoms with Crippen molar-refractivity contribution >= 4 is 11.9 Å². The van der Waals surface area contributed by atoms with E-state index in [4.69, 9.17) is 9.97 Å². The van der Waals surface area contributed by atoms with E-state index in [1.807, 2.05) is 6.07 Å². The molecule has 0 bridgehead atoms. The molecule has 6 heteroatoms. The predicted molar refractivity (Wildman–Crippen MR) is 121 cm³/mol. The Kier molecular flexibility index (Phi) is 6.91. The highest BCUT2D eigenvalue weighted by Gasteiger charge is 2.44. The normalized spacial score (nSPS) is 22.0. The zero-order valence-electron chi connectivity index (χ0n) is 19.0. The van der Waals surface area contributed by atoms with Gasteiger partial charge in [0, 0.05) is 37.3 Å². The Balaban J connectivity index is 1.42. The summed E-state index contributed by atoms with van der Waals surface area (Å²) in [6.07, 6.45) is 11.4. The van der Waals surface area contributed by atoms with E-state index in [1.54, 1.807) is 0 Å². The summed E-state index contributed by atoms with van der Waals surface area (Å²) in [4.78, 5) is 27.4. The fourth-order valence-corrected chi connectivity index (χ4v) is 4.79. The first kappa shape index (κ1) is 21.5. The van der Waals surface area contributed by atoms with E-state index in [1.165, 1.54) is 70.9 Å². The number of rotatable bonds is 7. The van der Waals surface area contributed by atoms with Crippen LogP contribution in [0.1, 0.15) is 93.7 Å². The summed E-state index contributed by atoms with van der Waals surface area (Å²) in [6.45, 7) is 10.6. The number of aromatic nitrogens is 2. The molecule has 0 aromatic carbocycles. The lowest BCUT2D eigenvalue weighted by molar-refractivity contribution is 0.0930. The van der Waals surface area contributed by atoms with E-state index >= 15 is 0 Å². The standard InChI is InChI=1S/C24H39N5O/c1-19(2)20-16-21(27-23(26-20)29-14-8-3-4-9-15-29)22(30)25-17-24(10-11-24)18-28-12-6-5-7-13-28/h16,19H,3-15,17-18H2,1-2H3,(H,25,30). The van der Waals surface area contributed by atoms with Crippen molar-refractivity contribution in [2.75, 3.05) is 44.2 Å². The Morgan fingerprint density at radius 3 is 2.27 bits per heavy atom. The van der Waals surface area contributed by atoms with Crippen molar-refractivity contribution in [3.63, 3.8) is 0 Å². The lowest BCUT2D eigenvalue weighted by Crippen LogP contribution is -2.40. The van der Waals surface area contributed by atoms with Crippen molar-refractivity contribution in [3.05, 3.63) is 17.5 Å². The maximum Gasteiger partial charge on any atom is 0.270 e. The van der Waals surface area contributed by atoms with Gasteiger partial charge in [-0.2, -0.15) is 0 Å². The summed E-state index contributed by atoms with van der Waals surface area (Å²) in [5, 5.41) is 3.23. The number of piperidine rings is 1. The molecule has 166 valence electrons. The molecule has 0 spiro atoms. The SMILES string of the molecule is CC(C)c1cc(C(=O)NCC2(CN3CCCCC3)CC2)nc(N2CCCCCC2)n1. The fraction of sp³-hybridized carbons (Fsp3) is 0.792. The van der Waals surface area contributed by atoms with Crippen molar-refractivity contribution < 1.29 is 4.79 Å². The number of anilines is 1. The van der Waals surface area contributed by atoms with Gasteiger partial charge in [-0.3, -0.25) is 4.79 Å².